The number of rotatable bonds is 7. The van der Waals surface area contributed by atoms with Crippen LogP contribution in [0.15, 0.2) is 44.2 Å². The molecule has 1 saturated heterocycles. The molecule has 1 aliphatic rings. The van der Waals surface area contributed by atoms with Gasteiger partial charge >= 0.3 is 0 Å². The van der Waals surface area contributed by atoms with E-state index in [-0.39, 0.29) is 0 Å². The van der Waals surface area contributed by atoms with Crippen molar-refractivity contribution in [3.8, 4) is 0 Å². The van der Waals surface area contributed by atoms with Gasteiger partial charge in [0.1, 0.15) is 4.21 Å². The van der Waals surface area contributed by atoms with E-state index in [9.17, 15) is 8.42 Å². The van der Waals surface area contributed by atoms with Crippen LogP contribution in [0.25, 0.3) is 0 Å². The third-order valence-electron chi connectivity index (χ3n) is 4.76. The minimum atomic E-state index is -3.41. The van der Waals surface area contributed by atoms with Crippen LogP contribution in [0.3, 0.4) is 0 Å². The molecule has 3 heterocycles. The summed E-state index contributed by atoms with van der Waals surface area (Å²) in [5.74, 6) is 0.719. The average molecular weight is 442 g/mol. The summed E-state index contributed by atoms with van der Waals surface area (Å²) < 4.78 is 26.6. The summed E-state index contributed by atoms with van der Waals surface area (Å²) in [6, 6.07) is 8.01. The summed E-state index contributed by atoms with van der Waals surface area (Å²) in [7, 11) is -0.0655. The van der Waals surface area contributed by atoms with Crippen LogP contribution in [0.2, 0.25) is 0 Å². The van der Waals surface area contributed by atoms with Gasteiger partial charge in [-0.1, -0.05) is 6.07 Å². The van der Waals surface area contributed by atoms with Gasteiger partial charge in [-0.2, -0.15) is 4.31 Å². The van der Waals surface area contributed by atoms with Crippen molar-refractivity contribution >= 4 is 43.7 Å². The summed E-state index contributed by atoms with van der Waals surface area (Å²) in [6.07, 6.45) is 2.09. The maximum atomic E-state index is 12.4. The van der Waals surface area contributed by atoms with E-state index in [1.165, 1.54) is 20.6 Å². The van der Waals surface area contributed by atoms with Crippen molar-refractivity contribution in [3.63, 3.8) is 0 Å². The molecule has 7 nitrogen and oxygen atoms in total. The van der Waals surface area contributed by atoms with Crippen LogP contribution in [0.5, 0.6) is 0 Å². The van der Waals surface area contributed by atoms with Crippen molar-refractivity contribution in [3.05, 3.63) is 35.0 Å². The molecule has 3 rings (SSSR count). The molecule has 0 bridgehead atoms. The predicted molar refractivity (Wildman–Crippen MR) is 118 cm³/mol. The van der Waals surface area contributed by atoms with Gasteiger partial charge in [-0.05, 0) is 41.8 Å². The molecule has 0 radical (unpaired) electrons. The number of anilines is 1. The Morgan fingerprint density at radius 3 is 2.57 bits per heavy atom. The summed E-state index contributed by atoms with van der Waals surface area (Å²) >= 11 is 3.02. The van der Waals surface area contributed by atoms with Crippen molar-refractivity contribution in [1.29, 1.82) is 0 Å². The molecule has 2 aromatic rings. The third kappa shape index (κ3) is 5.25. The van der Waals surface area contributed by atoms with E-state index in [2.05, 4.69) is 38.0 Å². The van der Waals surface area contributed by atoms with Crippen LogP contribution in [-0.4, -0.2) is 65.0 Å². The number of hydrogen-bond donors (Lipinski definition) is 2. The number of nitrogens with one attached hydrogen (secondary N) is 2. The highest BCUT2D eigenvalue weighted by atomic mass is 32.2. The van der Waals surface area contributed by atoms with Gasteiger partial charge in [0.05, 0.1) is 5.00 Å². The molecular weight excluding hydrogens is 414 g/mol. The zero-order chi connectivity index (χ0) is 20.0. The molecule has 0 spiro atoms. The van der Waals surface area contributed by atoms with Crippen LogP contribution in [0.1, 0.15) is 12.8 Å². The molecule has 0 aromatic carbocycles. The molecule has 2 N–H and O–H groups in total. The molecule has 28 heavy (non-hydrogen) atoms. The van der Waals surface area contributed by atoms with Crippen molar-refractivity contribution in [2.45, 2.75) is 23.1 Å². The summed E-state index contributed by atoms with van der Waals surface area (Å²) in [6.45, 7) is 2.92. The molecule has 0 saturated carbocycles. The average Bonchev–Trinajstić information content (AvgIpc) is 3.41. The number of hydrogen-bond acceptors (Lipinski definition) is 6. The molecule has 1 fully saturated rings. The Balaban J connectivity index is 1.42. The lowest BCUT2D eigenvalue weighted by Gasteiger charge is -2.33. The Kier molecular flexibility index (Phi) is 7.33. The second-order valence-electron chi connectivity index (χ2n) is 6.61. The first-order valence-corrected chi connectivity index (χ1v) is 12.5. The van der Waals surface area contributed by atoms with Gasteiger partial charge in [-0.15, -0.1) is 22.7 Å². The van der Waals surface area contributed by atoms with Gasteiger partial charge in [0.25, 0.3) is 10.0 Å². The summed E-state index contributed by atoms with van der Waals surface area (Å²) in [4.78, 5) is 6.70. The number of aliphatic imine (C=N–C) groups is 1. The van der Waals surface area contributed by atoms with Crippen molar-refractivity contribution in [1.82, 2.24) is 14.9 Å². The number of nitrogens with zero attached hydrogens (tertiary/aromatic N) is 3. The minimum Gasteiger partial charge on any atom is -0.363 e. The van der Waals surface area contributed by atoms with E-state index in [4.69, 9.17) is 0 Å². The monoisotopic (exact) mass is 441 g/mol. The molecule has 0 amide bonds. The van der Waals surface area contributed by atoms with E-state index >= 15 is 0 Å². The van der Waals surface area contributed by atoms with Crippen LogP contribution >= 0.6 is 22.7 Å². The topological polar surface area (TPSA) is 77.0 Å². The molecule has 154 valence electrons. The van der Waals surface area contributed by atoms with Gasteiger partial charge in [0.15, 0.2) is 5.96 Å². The molecule has 10 heteroatoms. The zero-order valence-electron chi connectivity index (χ0n) is 16.2. The van der Waals surface area contributed by atoms with Gasteiger partial charge < -0.3 is 15.5 Å². The standard InChI is InChI=1S/C18H27N5O2S3/c1-19-18(20-9-12-22(2)28(24,25)17-6-4-14-27-17)21-15-7-10-23(11-8-15)16-5-3-13-26-16/h3-6,13-15H,7-12H2,1-2H3,(H2,19,20,21). The van der Waals surface area contributed by atoms with Gasteiger partial charge in [0.2, 0.25) is 0 Å². The first kappa shape index (κ1) is 21.1. The first-order chi connectivity index (χ1) is 13.5. The first-order valence-electron chi connectivity index (χ1n) is 9.26. The van der Waals surface area contributed by atoms with E-state index in [1.54, 1.807) is 42.9 Å². The van der Waals surface area contributed by atoms with E-state index < -0.39 is 10.0 Å². The van der Waals surface area contributed by atoms with Crippen LogP contribution in [0.4, 0.5) is 5.00 Å². The normalized spacial score (nSPS) is 16.5. The zero-order valence-corrected chi connectivity index (χ0v) is 18.6. The second kappa shape index (κ2) is 9.73. The van der Waals surface area contributed by atoms with E-state index in [1.807, 2.05) is 0 Å². The molecule has 0 atom stereocenters. The highest BCUT2D eigenvalue weighted by Crippen LogP contribution is 2.24. The Hall–Kier alpha value is -1.62. The van der Waals surface area contributed by atoms with Crippen LogP contribution in [0, 0.1) is 0 Å². The van der Waals surface area contributed by atoms with Gasteiger partial charge in [-0.25, -0.2) is 8.42 Å². The quantitative estimate of drug-likeness (QED) is 0.509. The number of guanidine groups is 1. The van der Waals surface area contributed by atoms with Gasteiger partial charge in [0, 0.05) is 46.3 Å². The smallest absolute Gasteiger partial charge is 0.252 e. The molecule has 2 aromatic heterocycles. The second-order valence-corrected chi connectivity index (χ2v) is 10.8. The predicted octanol–water partition coefficient (Wildman–Crippen LogP) is 2.26. The highest BCUT2D eigenvalue weighted by Gasteiger charge is 2.22. The third-order valence-corrected chi connectivity index (χ3v) is 8.91. The SMILES string of the molecule is CN=C(NCCN(C)S(=O)(=O)c1cccs1)NC1CCN(c2cccs2)CC1. The fraction of sp³-hybridized carbons (Fsp3) is 0.500. The maximum Gasteiger partial charge on any atom is 0.252 e. The lowest BCUT2D eigenvalue weighted by Crippen LogP contribution is -2.49. The fourth-order valence-corrected chi connectivity index (χ4v) is 6.26. The summed E-state index contributed by atoms with van der Waals surface area (Å²) in [5.41, 5.74) is 0. The van der Waals surface area contributed by atoms with Crippen molar-refractivity contribution in [2.24, 2.45) is 4.99 Å². The fourth-order valence-electron chi connectivity index (χ4n) is 3.10. The molecular formula is C18H27N5O2S3. The largest absolute Gasteiger partial charge is 0.363 e. The number of thiophene rings is 2. The van der Waals surface area contributed by atoms with Crippen molar-refractivity contribution < 1.29 is 8.42 Å². The minimum absolute atomic E-state index is 0.370. The Labute approximate surface area is 175 Å². The van der Waals surface area contributed by atoms with Crippen LogP contribution in [-0.2, 0) is 10.0 Å². The number of piperidine rings is 1. The van der Waals surface area contributed by atoms with Gasteiger partial charge in [-0.3, -0.25) is 4.99 Å². The maximum absolute atomic E-state index is 12.4. The van der Waals surface area contributed by atoms with Crippen molar-refractivity contribution in [2.75, 3.05) is 45.2 Å². The lowest BCUT2D eigenvalue weighted by molar-refractivity contribution is 0.454. The highest BCUT2D eigenvalue weighted by molar-refractivity contribution is 7.91. The lowest BCUT2D eigenvalue weighted by atomic mass is 10.1. The Morgan fingerprint density at radius 2 is 1.96 bits per heavy atom. The molecule has 1 aliphatic heterocycles. The molecule has 0 aliphatic carbocycles. The summed E-state index contributed by atoms with van der Waals surface area (Å²) in [5, 5.41) is 11.9. The molecule has 0 unspecified atom stereocenters. The van der Waals surface area contributed by atoms with Crippen LogP contribution < -0.4 is 15.5 Å². The van der Waals surface area contributed by atoms with E-state index in [0.717, 1.165) is 31.9 Å². The number of likely N-dealkylation sites (N-methyl/N-ethyl adjacent to an activating group) is 1. The Bertz CT molecular complexity index is 842. The Morgan fingerprint density at radius 1 is 1.25 bits per heavy atom. The number of sulfonamides is 1. The van der Waals surface area contributed by atoms with E-state index in [0.29, 0.717) is 23.3 Å².